The first kappa shape index (κ1) is 9.46. The average Bonchev–Trinajstić information content (AvgIpc) is 2.23. The molecule has 0 bridgehead atoms. The van der Waals surface area contributed by atoms with Gasteiger partial charge in [-0.25, -0.2) is 4.98 Å². The van der Waals surface area contributed by atoms with Gasteiger partial charge in [0.05, 0.1) is 0 Å². The van der Waals surface area contributed by atoms with E-state index in [1.807, 2.05) is 6.07 Å². The van der Waals surface area contributed by atoms with Gasteiger partial charge >= 0.3 is 0 Å². The Kier molecular flexibility index (Phi) is 2.99. The summed E-state index contributed by atoms with van der Waals surface area (Å²) in [7, 11) is 0. The lowest BCUT2D eigenvalue weighted by atomic mass is 10.1. The van der Waals surface area contributed by atoms with Crippen LogP contribution in [0.15, 0.2) is 18.3 Å². The summed E-state index contributed by atoms with van der Waals surface area (Å²) in [4.78, 5) is 6.55. The molecule has 1 aliphatic rings. The lowest BCUT2D eigenvalue weighted by molar-refractivity contribution is 0.221. The SMILES string of the molecule is Nc1ncccc1CN1CCCCC1. The number of nitrogen functional groups attached to an aromatic ring is 1. The van der Waals surface area contributed by atoms with Crippen LogP contribution in [-0.2, 0) is 6.54 Å². The summed E-state index contributed by atoms with van der Waals surface area (Å²) >= 11 is 0. The smallest absolute Gasteiger partial charge is 0.127 e. The van der Waals surface area contributed by atoms with Gasteiger partial charge in [0, 0.05) is 18.3 Å². The summed E-state index contributed by atoms with van der Waals surface area (Å²) in [5, 5.41) is 0. The molecule has 2 N–H and O–H groups in total. The monoisotopic (exact) mass is 191 g/mol. The van der Waals surface area contributed by atoms with E-state index in [2.05, 4.69) is 16.0 Å². The lowest BCUT2D eigenvalue weighted by Crippen LogP contribution is -2.29. The second kappa shape index (κ2) is 4.42. The van der Waals surface area contributed by atoms with Gasteiger partial charge in [-0.3, -0.25) is 4.90 Å². The predicted octanol–water partition coefficient (Wildman–Crippen LogP) is 1.65. The molecule has 0 radical (unpaired) electrons. The number of anilines is 1. The van der Waals surface area contributed by atoms with E-state index in [0.717, 1.165) is 12.1 Å². The minimum absolute atomic E-state index is 0.679. The molecule has 1 aromatic heterocycles. The quantitative estimate of drug-likeness (QED) is 0.773. The number of piperidine rings is 1. The van der Waals surface area contributed by atoms with E-state index >= 15 is 0 Å². The van der Waals surface area contributed by atoms with Gasteiger partial charge in [-0.2, -0.15) is 0 Å². The maximum Gasteiger partial charge on any atom is 0.127 e. The van der Waals surface area contributed by atoms with Crippen LogP contribution in [0.1, 0.15) is 24.8 Å². The fourth-order valence-electron chi connectivity index (χ4n) is 1.94. The Morgan fingerprint density at radius 3 is 2.79 bits per heavy atom. The number of pyridine rings is 1. The van der Waals surface area contributed by atoms with E-state index in [0.29, 0.717) is 5.82 Å². The third-order valence-electron chi connectivity index (χ3n) is 2.77. The number of nitrogens with two attached hydrogens (primary N) is 1. The number of aromatic nitrogens is 1. The maximum atomic E-state index is 5.80. The fraction of sp³-hybridized carbons (Fsp3) is 0.545. The first-order valence-corrected chi connectivity index (χ1v) is 5.28. The molecule has 76 valence electrons. The van der Waals surface area contributed by atoms with Crippen molar-refractivity contribution in [3.05, 3.63) is 23.9 Å². The second-order valence-corrected chi connectivity index (χ2v) is 3.88. The Bertz CT molecular complexity index is 292. The van der Waals surface area contributed by atoms with Gasteiger partial charge < -0.3 is 5.73 Å². The first-order chi connectivity index (χ1) is 6.86. The van der Waals surface area contributed by atoms with Gasteiger partial charge in [0.25, 0.3) is 0 Å². The molecule has 2 heterocycles. The highest BCUT2D eigenvalue weighted by Crippen LogP contribution is 2.15. The van der Waals surface area contributed by atoms with E-state index in [4.69, 9.17) is 5.73 Å². The Balaban J connectivity index is 1.99. The van der Waals surface area contributed by atoms with Crippen molar-refractivity contribution >= 4 is 5.82 Å². The van der Waals surface area contributed by atoms with Crippen LogP contribution in [0.5, 0.6) is 0 Å². The standard InChI is InChI=1S/C11H17N3/c12-11-10(5-4-6-13-11)9-14-7-2-1-3-8-14/h4-6H,1-3,7-9H2,(H2,12,13). The average molecular weight is 191 g/mol. The van der Waals surface area contributed by atoms with Crippen LogP contribution in [0.2, 0.25) is 0 Å². The molecule has 1 aliphatic heterocycles. The molecule has 0 aromatic carbocycles. The normalized spacial score (nSPS) is 18.3. The molecule has 0 saturated carbocycles. The van der Waals surface area contributed by atoms with E-state index in [1.165, 1.54) is 32.4 Å². The van der Waals surface area contributed by atoms with Crippen LogP contribution >= 0.6 is 0 Å². The van der Waals surface area contributed by atoms with Crippen molar-refractivity contribution in [1.82, 2.24) is 9.88 Å². The van der Waals surface area contributed by atoms with Crippen LogP contribution in [-0.4, -0.2) is 23.0 Å². The van der Waals surface area contributed by atoms with Crippen LogP contribution in [0, 0.1) is 0 Å². The second-order valence-electron chi connectivity index (χ2n) is 3.88. The summed E-state index contributed by atoms with van der Waals surface area (Å²) in [5.74, 6) is 0.679. The van der Waals surface area contributed by atoms with Gasteiger partial charge in [0.1, 0.15) is 5.82 Å². The van der Waals surface area contributed by atoms with Crippen molar-refractivity contribution in [2.45, 2.75) is 25.8 Å². The van der Waals surface area contributed by atoms with Crippen molar-refractivity contribution in [2.24, 2.45) is 0 Å². The minimum atomic E-state index is 0.679. The van der Waals surface area contributed by atoms with Gasteiger partial charge in [0.2, 0.25) is 0 Å². The summed E-state index contributed by atoms with van der Waals surface area (Å²) in [6.45, 7) is 3.36. The molecule has 3 heteroatoms. The highest BCUT2D eigenvalue weighted by Gasteiger charge is 2.11. The largest absolute Gasteiger partial charge is 0.383 e. The molecule has 3 nitrogen and oxygen atoms in total. The zero-order valence-electron chi connectivity index (χ0n) is 8.45. The first-order valence-electron chi connectivity index (χ1n) is 5.28. The fourth-order valence-corrected chi connectivity index (χ4v) is 1.94. The number of likely N-dealkylation sites (tertiary alicyclic amines) is 1. The zero-order chi connectivity index (χ0) is 9.80. The highest BCUT2D eigenvalue weighted by molar-refractivity contribution is 5.38. The van der Waals surface area contributed by atoms with Crippen LogP contribution in [0.25, 0.3) is 0 Å². The molecule has 0 unspecified atom stereocenters. The molecule has 1 saturated heterocycles. The molecule has 1 fully saturated rings. The summed E-state index contributed by atoms with van der Waals surface area (Å²) in [6, 6.07) is 4.02. The van der Waals surface area contributed by atoms with Gasteiger partial charge in [-0.1, -0.05) is 12.5 Å². The topological polar surface area (TPSA) is 42.1 Å². The van der Waals surface area contributed by atoms with Crippen LogP contribution in [0.3, 0.4) is 0 Å². The number of hydrogen-bond acceptors (Lipinski definition) is 3. The van der Waals surface area contributed by atoms with E-state index in [1.54, 1.807) is 6.20 Å². The molecule has 0 spiro atoms. The third-order valence-corrected chi connectivity index (χ3v) is 2.77. The molecule has 0 aliphatic carbocycles. The Hall–Kier alpha value is -1.09. The molecule has 1 aromatic rings. The van der Waals surface area contributed by atoms with Crippen molar-refractivity contribution < 1.29 is 0 Å². The molecule has 2 rings (SSSR count). The van der Waals surface area contributed by atoms with E-state index in [-0.39, 0.29) is 0 Å². The summed E-state index contributed by atoms with van der Waals surface area (Å²) in [6.07, 6.45) is 5.76. The van der Waals surface area contributed by atoms with E-state index in [9.17, 15) is 0 Å². The van der Waals surface area contributed by atoms with Gasteiger partial charge in [-0.15, -0.1) is 0 Å². The molecule has 0 amide bonds. The Morgan fingerprint density at radius 1 is 1.29 bits per heavy atom. The van der Waals surface area contributed by atoms with Crippen molar-refractivity contribution in [1.29, 1.82) is 0 Å². The van der Waals surface area contributed by atoms with Gasteiger partial charge in [-0.05, 0) is 32.0 Å². The Labute approximate surface area is 84.9 Å². The Morgan fingerprint density at radius 2 is 2.07 bits per heavy atom. The lowest BCUT2D eigenvalue weighted by Gasteiger charge is -2.26. The summed E-state index contributed by atoms with van der Waals surface area (Å²) < 4.78 is 0. The predicted molar refractivity (Wildman–Crippen MR) is 57.8 cm³/mol. The number of hydrogen-bond donors (Lipinski definition) is 1. The van der Waals surface area contributed by atoms with Crippen molar-refractivity contribution in [3.8, 4) is 0 Å². The summed E-state index contributed by atoms with van der Waals surface area (Å²) in [5.41, 5.74) is 6.96. The van der Waals surface area contributed by atoms with Crippen molar-refractivity contribution in [3.63, 3.8) is 0 Å². The third kappa shape index (κ3) is 2.23. The molecular weight excluding hydrogens is 174 g/mol. The van der Waals surface area contributed by atoms with Gasteiger partial charge in [0.15, 0.2) is 0 Å². The highest BCUT2D eigenvalue weighted by atomic mass is 15.1. The molecule has 14 heavy (non-hydrogen) atoms. The zero-order valence-corrected chi connectivity index (χ0v) is 8.45. The van der Waals surface area contributed by atoms with Crippen molar-refractivity contribution in [2.75, 3.05) is 18.8 Å². The van der Waals surface area contributed by atoms with E-state index < -0.39 is 0 Å². The molecular formula is C11H17N3. The maximum absolute atomic E-state index is 5.80. The van der Waals surface area contributed by atoms with Crippen LogP contribution in [0.4, 0.5) is 5.82 Å². The molecule has 0 atom stereocenters. The van der Waals surface area contributed by atoms with Crippen LogP contribution < -0.4 is 5.73 Å². The number of rotatable bonds is 2. The minimum Gasteiger partial charge on any atom is -0.383 e. The number of nitrogens with zero attached hydrogens (tertiary/aromatic N) is 2.